The third kappa shape index (κ3) is 5.22. The molecule has 0 bridgehead atoms. The Balaban J connectivity index is 1.95. The molecule has 32 heavy (non-hydrogen) atoms. The van der Waals surface area contributed by atoms with Crippen molar-refractivity contribution in [3.8, 4) is 0 Å². The molecule has 0 aliphatic carbocycles. The molecule has 168 valence electrons. The van der Waals surface area contributed by atoms with Crippen molar-refractivity contribution < 1.29 is 14.3 Å². The van der Waals surface area contributed by atoms with Crippen LogP contribution >= 0.6 is 0 Å². The fraction of sp³-hybridized carbons (Fsp3) is 0.360. The highest BCUT2D eigenvalue weighted by Crippen LogP contribution is 2.30. The van der Waals surface area contributed by atoms with Gasteiger partial charge in [-0.2, -0.15) is 0 Å². The molecule has 0 saturated carbocycles. The number of hydrogen-bond donors (Lipinski definition) is 1. The van der Waals surface area contributed by atoms with Crippen molar-refractivity contribution in [1.82, 2.24) is 14.9 Å². The topological polar surface area (TPSA) is 84.4 Å². The van der Waals surface area contributed by atoms with Gasteiger partial charge in [0.25, 0.3) is 5.91 Å². The van der Waals surface area contributed by atoms with Crippen LogP contribution in [0.3, 0.4) is 0 Å². The number of pyridine rings is 2. The molecule has 0 aliphatic rings. The normalized spacial score (nSPS) is 10.8. The summed E-state index contributed by atoms with van der Waals surface area (Å²) in [4.78, 5) is 36.0. The zero-order chi connectivity index (χ0) is 23.1. The van der Waals surface area contributed by atoms with Gasteiger partial charge >= 0.3 is 5.97 Å². The highest BCUT2D eigenvalue weighted by Gasteiger charge is 2.20. The summed E-state index contributed by atoms with van der Waals surface area (Å²) in [5, 5.41) is 4.12. The molecule has 3 rings (SSSR count). The van der Waals surface area contributed by atoms with Gasteiger partial charge in [0, 0.05) is 36.1 Å². The number of aromatic nitrogens is 2. The summed E-state index contributed by atoms with van der Waals surface area (Å²) < 4.78 is 5.27. The van der Waals surface area contributed by atoms with E-state index in [4.69, 9.17) is 4.74 Å². The average molecular weight is 435 g/mol. The second kappa shape index (κ2) is 10.7. The van der Waals surface area contributed by atoms with Gasteiger partial charge in [-0.3, -0.25) is 4.79 Å². The number of amides is 1. The first-order valence-corrected chi connectivity index (χ1v) is 11.1. The van der Waals surface area contributed by atoms with Crippen LogP contribution in [0.1, 0.15) is 60.0 Å². The Bertz CT molecular complexity index is 1090. The zero-order valence-corrected chi connectivity index (χ0v) is 19.1. The van der Waals surface area contributed by atoms with Crippen LogP contribution in [-0.2, 0) is 4.74 Å². The van der Waals surface area contributed by atoms with Crippen molar-refractivity contribution in [2.45, 2.75) is 40.5 Å². The fourth-order valence-electron chi connectivity index (χ4n) is 3.38. The molecule has 0 aliphatic heterocycles. The van der Waals surface area contributed by atoms with Gasteiger partial charge in [-0.15, -0.1) is 0 Å². The van der Waals surface area contributed by atoms with Crippen LogP contribution in [0.4, 0.5) is 11.4 Å². The maximum absolute atomic E-state index is 13.2. The van der Waals surface area contributed by atoms with E-state index in [0.29, 0.717) is 42.2 Å². The fourth-order valence-corrected chi connectivity index (χ4v) is 3.38. The van der Waals surface area contributed by atoms with Crippen molar-refractivity contribution in [1.29, 1.82) is 0 Å². The molecule has 2 heterocycles. The highest BCUT2D eigenvalue weighted by atomic mass is 16.5. The lowest BCUT2D eigenvalue weighted by Gasteiger charge is -2.21. The van der Waals surface area contributed by atoms with Gasteiger partial charge in [-0.05, 0) is 63.6 Å². The predicted molar refractivity (Wildman–Crippen MR) is 126 cm³/mol. The number of carbonyl (C=O) groups excluding carboxylic acids is 2. The molecule has 3 aromatic rings. The van der Waals surface area contributed by atoms with E-state index in [2.05, 4.69) is 15.3 Å². The molecule has 2 aromatic heterocycles. The molecule has 1 aromatic carbocycles. The maximum Gasteiger partial charge on any atom is 0.338 e. The van der Waals surface area contributed by atoms with Gasteiger partial charge in [-0.1, -0.05) is 13.3 Å². The van der Waals surface area contributed by atoms with Crippen LogP contribution < -0.4 is 5.32 Å². The Morgan fingerprint density at radius 3 is 2.41 bits per heavy atom. The lowest BCUT2D eigenvalue weighted by Crippen LogP contribution is -2.31. The zero-order valence-electron chi connectivity index (χ0n) is 19.1. The van der Waals surface area contributed by atoms with Crippen molar-refractivity contribution in [2.24, 2.45) is 0 Å². The number of nitrogens with one attached hydrogen (secondary N) is 1. The van der Waals surface area contributed by atoms with Crippen LogP contribution in [0.15, 0.2) is 42.6 Å². The molecule has 0 radical (unpaired) electrons. The third-order valence-electron chi connectivity index (χ3n) is 5.27. The number of fused-ring (bicyclic) bond motifs is 1. The first-order chi connectivity index (χ1) is 15.5. The number of ether oxygens (including phenoxy) is 1. The maximum atomic E-state index is 13.2. The minimum absolute atomic E-state index is 0.0939. The van der Waals surface area contributed by atoms with E-state index >= 15 is 0 Å². The lowest BCUT2D eigenvalue weighted by atomic mass is 10.1. The van der Waals surface area contributed by atoms with Gasteiger partial charge in [0.15, 0.2) is 5.65 Å². The minimum atomic E-state index is -0.337. The van der Waals surface area contributed by atoms with E-state index in [9.17, 15) is 9.59 Å². The summed E-state index contributed by atoms with van der Waals surface area (Å²) in [7, 11) is 0. The van der Waals surface area contributed by atoms with Gasteiger partial charge in [-0.25, -0.2) is 14.8 Å². The van der Waals surface area contributed by atoms with Gasteiger partial charge < -0.3 is 15.0 Å². The lowest BCUT2D eigenvalue weighted by molar-refractivity contribution is 0.0499. The highest BCUT2D eigenvalue weighted by molar-refractivity contribution is 6.07. The molecule has 0 spiro atoms. The average Bonchev–Trinajstić information content (AvgIpc) is 2.80. The first-order valence-electron chi connectivity index (χ1n) is 11.1. The summed E-state index contributed by atoms with van der Waals surface area (Å²) in [6, 6.07) is 10.9. The van der Waals surface area contributed by atoms with Gasteiger partial charge in [0.2, 0.25) is 0 Å². The van der Waals surface area contributed by atoms with Crippen LogP contribution in [0.5, 0.6) is 0 Å². The Hall–Kier alpha value is -3.48. The SMILES string of the molecule is CCCCOC(=O)c1ccc(Nc2c(C(=O)N(CC)CC)cnc3nc(C)ccc23)cc1. The standard InChI is InChI=1S/C25H30N4O3/c1-5-8-15-32-25(31)18-10-12-19(13-11-18)28-22-20-14-9-17(4)27-23(20)26-16-21(22)24(30)29(6-2)7-3/h9-14,16H,5-8,15H2,1-4H3,(H,26,27,28). The molecule has 1 N–H and O–H groups in total. The minimum Gasteiger partial charge on any atom is -0.462 e. The molecule has 0 atom stereocenters. The van der Waals surface area contributed by atoms with Crippen molar-refractivity contribution in [3.63, 3.8) is 0 Å². The number of hydrogen-bond acceptors (Lipinski definition) is 6. The van der Waals surface area contributed by atoms with E-state index in [1.807, 2.05) is 39.8 Å². The predicted octanol–water partition coefficient (Wildman–Crippen LogP) is 5.12. The molecule has 7 heteroatoms. The van der Waals surface area contributed by atoms with Crippen molar-refractivity contribution in [2.75, 3.05) is 25.0 Å². The van der Waals surface area contributed by atoms with Crippen LogP contribution in [0.2, 0.25) is 0 Å². The van der Waals surface area contributed by atoms with Crippen LogP contribution in [0.25, 0.3) is 11.0 Å². The van der Waals surface area contributed by atoms with E-state index < -0.39 is 0 Å². The van der Waals surface area contributed by atoms with Gasteiger partial charge in [0.05, 0.1) is 23.4 Å². The number of benzene rings is 1. The summed E-state index contributed by atoms with van der Waals surface area (Å²) >= 11 is 0. The van der Waals surface area contributed by atoms with E-state index in [1.165, 1.54) is 0 Å². The number of carbonyl (C=O) groups is 2. The molecule has 1 amide bonds. The van der Waals surface area contributed by atoms with Crippen molar-refractivity contribution in [3.05, 3.63) is 59.4 Å². The quantitative estimate of drug-likeness (QED) is 0.372. The second-order valence-electron chi connectivity index (χ2n) is 7.54. The molecular weight excluding hydrogens is 404 g/mol. The second-order valence-corrected chi connectivity index (χ2v) is 7.54. The molecular formula is C25H30N4O3. The van der Waals surface area contributed by atoms with Crippen molar-refractivity contribution >= 4 is 34.3 Å². The largest absolute Gasteiger partial charge is 0.462 e. The summed E-state index contributed by atoms with van der Waals surface area (Å²) in [5.41, 5.74) is 3.79. The summed E-state index contributed by atoms with van der Waals surface area (Å²) in [5.74, 6) is -0.431. The van der Waals surface area contributed by atoms with Crippen LogP contribution in [-0.4, -0.2) is 46.4 Å². The summed E-state index contributed by atoms with van der Waals surface area (Å²) in [6.07, 6.45) is 3.40. The van der Waals surface area contributed by atoms with Gasteiger partial charge in [0.1, 0.15) is 0 Å². The number of rotatable bonds is 9. The Morgan fingerprint density at radius 1 is 1.03 bits per heavy atom. The monoisotopic (exact) mass is 434 g/mol. The number of anilines is 2. The van der Waals surface area contributed by atoms with Crippen LogP contribution in [0, 0.1) is 6.92 Å². The van der Waals surface area contributed by atoms with E-state index in [1.54, 1.807) is 35.4 Å². The van der Waals surface area contributed by atoms with E-state index in [0.717, 1.165) is 29.6 Å². The smallest absolute Gasteiger partial charge is 0.338 e. The third-order valence-corrected chi connectivity index (χ3v) is 5.27. The molecule has 7 nitrogen and oxygen atoms in total. The Kier molecular flexibility index (Phi) is 7.76. The number of aryl methyl sites for hydroxylation is 1. The number of esters is 1. The Morgan fingerprint density at radius 2 is 1.75 bits per heavy atom. The number of nitrogens with zero attached hydrogens (tertiary/aromatic N) is 3. The molecule has 0 saturated heterocycles. The summed E-state index contributed by atoms with van der Waals surface area (Å²) in [6.45, 7) is 9.48. The van der Waals surface area contributed by atoms with E-state index in [-0.39, 0.29) is 11.9 Å². The Labute approximate surface area is 188 Å². The number of unbranched alkanes of at least 4 members (excludes halogenated alkanes) is 1. The first kappa shape index (κ1) is 23.2. The molecule has 0 fully saturated rings. The molecule has 0 unspecified atom stereocenters.